The minimum atomic E-state index is -0.186. The molecule has 1 aromatic carbocycles. The molecule has 0 heterocycles. The number of carbonyl (C=O) groups is 1. The van der Waals surface area contributed by atoms with E-state index in [1.54, 1.807) is 0 Å². The van der Waals surface area contributed by atoms with Crippen LogP contribution in [0.1, 0.15) is 50.5 Å². The van der Waals surface area contributed by atoms with Crippen molar-refractivity contribution in [3.63, 3.8) is 0 Å². The summed E-state index contributed by atoms with van der Waals surface area (Å²) < 4.78 is 0. The van der Waals surface area contributed by atoms with E-state index < -0.39 is 0 Å². The molecule has 0 saturated heterocycles. The van der Waals surface area contributed by atoms with Crippen LogP contribution >= 0.6 is 0 Å². The number of likely N-dealkylation sites (N-methyl/N-ethyl adjacent to an activating group) is 1. The number of amides is 1. The Balaban J connectivity index is 2.19. The van der Waals surface area contributed by atoms with Gasteiger partial charge in [-0.3, -0.25) is 4.79 Å². The molecule has 1 fully saturated rings. The highest BCUT2D eigenvalue weighted by atomic mass is 16.2. The van der Waals surface area contributed by atoms with Crippen LogP contribution in [-0.2, 0) is 4.79 Å². The van der Waals surface area contributed by atoms with E-state index >= 15 is 0 Å². The Bertz CT molecular complexity index is 482. The van der Waals surface area contributed by atoms with Gasteiger partial charge < -0.3 is 4.90 Å². The minimum absolute atomic E-state index is 0.186. The second-order valence-electron chi connectivity index (χ2n) is 5.90. The second-order valence-corrected chi connectivity index (χ2v) is 5.90. The largest absolute Gasteiger partial charge is 0.332 e. The first-order valence-corrected chi connectivity index (χ1v) is 8.06. The number of carbonyl (C=O) groups excluding carboxylic acids is 1. The molecule has 112 valence electrons. The number of rotatable bonds is 5. The number of benzene rings is 1. The summed E-state index contributed by atoms with van der Waals surface area (Å²) in [7, 11) is 0. The lowest BCUT2D eigenvalue weighted by molar-refractivity contribution is -0.125. The normalized spacial score (nSPS) is 17.0. The third kappa shape index (κ3) is 4.11. The van der Waals surface area contributed by atoms with Crippen molar-refractivity contribution in [1.82, 2.24) is 4.90 Å². The fourth-order valence-corrected chi connectivity index (χ4v) is 3.45. The van der Waals surface area contributed by atoms with Gasteiger partial charge in [-0.05, 0) is 37.2 Å². The molecule has 1 aliphatic carbocycles. The van der Waals surface area contributed by atoms with Gasteiger partial charge in [0.2, 0.25) is 0 Å². The van der Waals surface area contributed by atoms with Crippen molar-refractivity contribution in [2.24, 2.45) is 5.92 Å². The molecule has 1 saturated carbocycles. The van der Waals surface area contributed by atoms with Crippen molar-refractivity contribution < 1.29 is 4.79 Å². The van der Waals surface area contributed by atoms with Crippen LogP contribution in [0.5, 0.6) is 0 Å². The summed E-state index contributed by atoms with van der Waals surface area (Å²) in [6.07, 6.45) is 11.8. The Kier molecular flexibility index (Phi) is 5.87. The maximum atomic E-state index is 11.9. The van der Waals surface area contributed by atoms with Crippen molar-refractivity contribution in [1.29, 1.82) is 0 Å². The minimum Gasteiger partial charge on any atom is -0.332 e. The predicted molar refractivity (Wildman–Crippen MR) is 86.8 cm³/mol. The summed E-state index contributed by atoms with van der Waals surface area (Å²) in [5, 5.41) is 0. The Hall–Kier alpha value is -1.75. The Labute approximate surface area is 128 Å². The molecule has 0 aromatic heterocycles. The van der Waals surface area contributed by atoms with Gasteiger partial charge in [0.1, 0.15) is 0 Å². The van der Waals surface area contributed by atoms with E-state index in [2.05, 4.69) is 30.2 Å². The first-order chi connectivity index (χ1) is 10.3. The SMILES string of the molecule is C#CC(=O)N(CC)CC(c1ccccc1)C1CCCCC1. The third-order valence-electron chi connectivity index (χ3n) is 4.66. The van der Waals surface area contributed by atoms with Gasteiger partial charge in [-0.2, -0.15) is 0 Å². The zero-order valence-corrected chi connectivity index (χ0v) is 12.9. The maximum Gasteiger partial charge on any atom is 0.298 e. The molecule has 2 nitrogen and oxygen atoms in total. The predicted octanol–water partition coefficient (Wildman–Crippen LogP) is 3.83. The first kappa shape index (κ1) is 15.6. The quantitative estimate of drug-likeness (QED) is 0.752. The fraction of sp³-hybridized carbons (Fsp3) is 0.526. The average molecular weight is 283 g/mol. The Morgan fingerprint density at radius 1 is 1.29 bits per heavy atom. The van der Waals surface area contributed by atoms with Gasteiger partial charge in [0.05, 0.1) is 0 Å². The second kappa shape index (κ2) is 7.88. The topological polar surface area (TPSA) is 20.3 Å². The molecule has 1 unspecified atom stereocenters. The lowest BCUT2D eigenvalue weighted by Crippen LogP contribution is -2.36. The highest BCUT2D eigenvalue weighted by Crippen LogP contribution is 2.36. The van der Waals surface area contributed by atoms with E-state index in [1.165, 1.54) is 37.7 Å². The van der Waals surface area contributed by atoms with Gasteiger partial charge in [0, 0.05) is 19.0 Å². The molecular weight excluding hydrogens is 258 g/mol. The molecule has 21 heavy (non-hydrogen) atoms. The fourth-order valence-electron chi connectivity index (χ4n) is 3.45. The molecular formula is C19H25NO. The van der Waals surface area contributed by atoms with E-state index in [9.17, 15) is 4.79 Å². The van der Waals surface area contributed by atoms with Crippen LogP contribution in [0.3, 0.4) is 0 Å². The van der Waals surface area contributed by atoms with Crippen molar-refractivity contribution in [3.05, 3.63) is 35.9 Å². The van der Waals surface area contributed by atoms with Crippen LogP contribution in [0.4, 0.5) is 0 Å². The lowest BCUT2D eigenvalue weighted by Gasteiger charge is -2.34. The van der Waals surface area contributed by atoms with Gasteiger partial charge in [0.15, 0.2) is 0 Å². The molecule has 0 aliphatic heterocycles. The van der Waals surface area contributed by atoms with E-state index in [1.807, 2.05) is 17.9 Å². The van der Waals surface area contributed by atoms with Crippen LogP contribution < -0.4 is 0 Å². The van der Waals surface area contributed by atoms with Crippen LogP contribution in [-0.4, -0.2) is 23.9 Å². The van der Waals surface area contributed by atoms with Gasteiger partial charge in [-0.15, -0.1) is 6.42 Å². The summed E-state index contributed by atoms with van der Waals surface area (Å²) >= 11 is 0. The Morgan fingerprint density at radius 2 is 1.95 bits per heavy atom. The number of hydrogen-bond acceptors (Lipinski definition) is 1. The molecule has 1 atom stereocenters. The van der Waals surface area contributed by atoms with E-state index in [4.69, 9.17) is 6.42 Å². The molecule has 2 rings (SSSR count). The smallest absolute Gasteiger partial charge is 0.298 e. The summed E-state index contributed by atoms with van der Waals surface area (Å²) in [5.41, 5.74) is 1.34. The third-order valence-corrected chi connectivity index (χ3v) is 4.66. The molecule has 0 N–H and O–H groups in total. The van der Waals surface area contributed by atoms with Crippen LogP contribution in [0.2, 0.25) is 0 Å². The van der Waals surface area contributed by atoms with E-state index in [0.717, 1.165) is 6.54 Å². The van der Waals surface area contributed by atoms with Gasteiger partial charge >= 0.3 is 0 Å². The molecule has 0 radical (unpaired) electrons. The number of hydrogen-bond donors (Lipinski definition) is 0. The van der Waals surface area contributed by atoms with E-state index in [-0.39, 0.29) is 5.91 Å². The van der Waals surface area contributed by atoms with Crippen molar-refractivity contribution >= 4 is 5.91 Å². The van der Waals surface area contributed by atoms with Crippen molar-refractivity contribution in [2.45, 2.75) is 44.9 Å². The van der Waals surface area contributed by atoms with Crippen LogP contribution in [0, 0.1) is 18.3 Å². The summed E-state index contributed by atoms with van der Waals surface area (Å²) in [4.78, 5) is 13.7. The zero-order valence-electron chi connectivity index (χ0n) is 12.9. The van der Waals surface area contributed by atoms with Crippen molar-refractivity contribution in [2.75, 3.05) is 13.1 Å². The molecule has 2 heteroatoms. The van der Waals surface area contributed by atoms with Crippen LogP contribution in [0.25, 0.3) is 0 Å². The standard InChI is InChI=1S/C19H25NO/c1-3-19(21)20(4-2)15-18(16-11-7-5-8-12-16)17-13-9-6-10-14-17/h1,5,7-8,11-12,17-18H,4,6,9-10,13-15H2,2H3. The number of nitrogens with zero attached hydrogens (tertiary/aromatic N) is 1. The van der Waals surface area contributed by atoms with Gasteiger partial charge in [-0.1, -0.05) is 49.6 Å². The highest BCUT2D eigenvalue weighted by molar-refractivity contribution is 5.92. The molecule has 1 aliphatic rings. The monoisotopic (exact) mass is 283 g/mol. The zero-order chi connectivity index (χ0) is 15.1. The van der Waals surface area contributed by atoms with Crippen LogP contribution in [0.15, 0.2) is 30.3 Å². The maximum absolute atomic E-state index is 11.9. The molecule has 0 spiro atoms. The Morgan fingerprint density at radius 3 is 2.52 bits per heavy atom. The summed E-state index contributed by atoms with van der Waals surface area (Å²) in [6, 6.07) is 10.6. The summed E-state index contributed by atoms with van der Waals surface area (Å²) in [5.74, 6) is 3.15. The molecule has 1 aromatic rings. The van der Waals surface area contributed by atoms with Crippen molar-refractivity contribution in [3.8, 4) is 12.3 Å². The summed E-state index contributed by atoms with van der Waals surface area (Å²) in [6.45, 7) is 3.42. The van der Waals surface area contributed by atoms with E-state index in [0.29, 0.717) is 18.4 Å². The highest BCUT2D eigenvalue weighted by Gasteiger charge is 2.27. The first-order valence-electron chi connectivity index (χ1n) is 8.06. The van der Waals surface area contributed by atoms with Gasteiger partial charge in [-0.25, -0.2) is 0 Å². The number of terminal acetylenes is 1. The molecule has 0 bridgehead atoms. The lowest BCUT2D eigenvalue weighted by atomic mass is 9.76. The molecule has 1 amide bonds. The average Bonchev–Trinajstić information content (AvgIpc) is 2.57. The van der Waals surface area contributed by atoms with Gasteiger partial charge in [0.25, 0.3) is 5.91 Å².